The van der Waals surface area contributed by atoms with Gasteiger partial charge in [-0.2, -0.15) is 0 Å². The number of hydrogen-bond acceptors (Lipinski definition) is 7. The second-order valence-electron chi connectivity index (χ2n) is 6.62. The number of halogens is 2. The molecule has 158 valence electrons. The average molecular weight is 416 g/mol. The molecule has 0 aliphatic rings. The van der Waals surface area contributed by atoms with Gasteiger partial charge in [0.05, 0.1) is 5.71 Å². The van der Waals surface area contributed by atoms with E-state index in [4.69, 9.17) is 9.57 Å². The lowest BCUT2D eigenvalue weighted by Crippen LogP contribution is -2.08. The van der Waals surface area contributed by atoms with Crippen LogP contribution in [0, 0.1) is 0 Å². The summed E-state index contributed by atoms with van der Waals surface area (Å²) >= 11 is 0. The van der Waals surface area contributed by atoms with E-state index in [-0.39, 0.29) is 18.8 Å². The summed E-state index contributed by atoms with van der Waals surface area (Å²) in [5, 5.41) is 15.4. The Balaban J connectivity index is 1.52. The van der Waals surface area contributed by atoms with Crippen LogP contribution in [0.4, 0.5) is 8.78 Å². The number of benzene rings is 1. The van der Waals surface area contributed by atoms with E-state index in [2.05, 4.69) is 25.7 Å². The van der Waals surface area contributed by atoms with Crippen LogP contribution in [0.25, 0.3) is 0 Å². The minimum absolute atomic E-state index is 0.0366. The molecule has 0 amide bonds. The Labute approximate surface area is 172 Å². The number of nitrogens with zero attached hydrogens (tertiary/aromatic N) is 6. The van der Waals surface area contributed by atoms with Crippen LogP contribution in [0.5, 0.6) is 5.88 Å². The van der Waals surface area contributed by atoms with E-state index in [0.29, 0.717) is 24.0 Å². The van der Waals surface area contributed by atoms with Crippen molar-refractivity contribution in [3.63, 3.8) is 0 Å². The van der Waals surface area contributed by atoms with Crippen LogP contribution in [0.1, 0.15) is 43.3 Å². The minimum Gasteiger partial charge on any atom is -0.469 e. The molecule has 0 N–H and O–H groups in total. The maximum atomic E-state index is 13.2. The molecule has 0 radical (unpaired) electrons. The van der Waals surface area contributed by atoms with Crippen molar-refractivity contribution in [1.82, 2.24) is 25.2 Å². The molecule has 0 saturated heterocycles. The monoisotopic (exact) mass is 416 g/mol. The van der Waals surface area contributed by atoms with Crippen LogP contribution in [0.3, 0.4) is 0 Å². The number of aryl methyl sites for hydroxylation is 1. The Hall–Kier alpha value is -3.43. The molecule has 0 unspecified atom stereocenters. The highest BCUT2D eigenvalue weighted by Gasteiger charge is 2.23. The van der Waals surface area contributed by atoms with Crippen molar-refractivity contribution in [3.8, 4) is 5.88 Å². The number of hydrogen-bond donors (Lipinski definition) is 0. The van der Waals surface area contributed by atoms with Gasteiger partial charge in [0.25, 0.3) is 5.92 Å². The summed E-state index contributed by atoms with van der Waals surface area (Å²) in [6, 6.07) is 9.50. The summed E-state index contributed by atoms with van der Waals surface area (Å²) in [4.78, 5) is 9.58. The smallest absolute Gasteiger partial charge is 0.270 e. The zero-order chi connectivity index (χ0) is 21.6. The summed E-state index contributed by atoms with van der Waals surface area (Å²) in [7, 11) is 0. The second kappa shape index (κ2) is 9.38. The lowest BCUT2D eigenvalue weighted by molar-refractivity contribution is 0.0174. The minimum atomic E-state index is -2.86. The van der Waals surface area contributed by atoms with Crippen LogP contribution in [-0.4, -0.2) is 30.9 Å². The fraction of sp³-hybridized carbons (Fsp3) is 0.350. The van der Waals surface area contributed by atoms with Crippen molar-refractivity contribution in [3.05, 3.63) is 65.1 Å². The molecule has 0 aliphatic carbocycles. The van der Waals surface area contributed by atoms with Crippen molar-refractivity contribution in [2.24, 2.45) is 5.16 Å². The zero-order valence-electron chi connectivity index (χ0n) is 16.9. The Morgan fingerprint density at radius 3 is 2.53 bits per heavy atom. The Bertz CT molecular complexity index is 982. The third-order valence-electron chi connectivity index (χ3n) is 4.30. The van der Waals surface area contributed by atoms with E-state index in [1.54, 1.807) is 36.0 Å². The third kappa shape index (κ3) is 5.56. The van der Waals surface area contributed by atoms with Crippen molar-refractivity contribution in [1.29, 1.82) is 0 Å². The fourth-order valence-corrected chi connectivity index (χ4v) is 2.54. The molecule has 0 saturated carbocycles. The highest BCUT2D eigenvalue weighted by atomic mass is 19.3. The second-order valence-corrected chi connectivity index (χ2v) is 6.62. The molecule has 8 nitrogen and oxygen atoms in total. The van der Waals surface area contributed by atoms with E-state index < -0.39 is 5.92 Å². The van der Waals surface area contributed by atoms with Crippen molar-refractivity contribution in [2.45, 2.75) is 46.5 Å². The first-order chi connectivity index (χ1) is 14.4. The van der Waals surface area contributed by atoms with Gasteiger partial charge in [-0.15, -0.1) is 5.10 Å². The van der Waals surface area contributed by atoms with Crippen molar-refractivity contribution >= 4 is 5.71 Å². The molecule has 0 atom stereocenters. The van der Waals surface area contributed by atoms with Crippen molar-refractivity contribution in [2.75, 3.05) is 0 Å². The van der Waals surface area contributed by atoms with E-state index in [9.17, 15) is 8.78 Å². The number of pyridine rings is 1. The zero-order valence-corrected chi connectivity index (χ0v) is 16.9. The van der Waals surface area contributed by atoms with Crippen LogP contribution in [-0.2, 0) is 30.5 Å². The molecule has 3 aromatic rings. The standard InChI is InChI=1S/C20H22F2N6O2/c1-4-28-18(24-26-27-28)13-29-19-10-7-16(11-23-19)14(2)25-30-12-15-5-8-17(9-6-15)20(3,21)22/h5-11H,4,12-13H2,1-3H3. The SMILES string of the molecule is CCn1nnnc1COc1ccc(C(C)=NOCc2ccc(C(C)(F)F)cc2)cn1. The molecule has 30 heavy (non-hydrogen) atoms. The molecular weight excluding hydrogens is 394 g/mol. The normalized spacial score (nSPS) is 12.1. The first kappa shape index (κ1) is 21.3. The number of aromatic nitrogens is 5. The van der Waals surface area contributed by atoms with Crippen LogP contribution in [0.15, 0.2) is 47.8 Å². The Morgan fingerprint density at radius 2 is 1.90 bits per heavy atom. The molecule has 0 aliphatic heterocycles. The predicted octanol–water partition coefficient (Wildman–Crippen LogP) is 3.72. The van der Waals surface area contributed by atoms with E-state index in [1.807, 2.05) is 13.0 Å². The number of rotatable bonds is 9. The number of oxime groups is 1. The average Bonchev–Trinajstić information content (AvgIpc) is 3.20. The van der Waals surface area contributed by atoms with Gasteiger partial charge in [0, 0.05) is 36.9 Å². The first-order valence-electron chi connectivity index (χ1n) is 9.35. The van der Waals surface area contributed by atoms with Crippen molar-refractivity contribution < 1.29 is 18.4 Å². The lowest BCUT2D eigenvalue weighted by Gasteiger charge is -2.10. The summed E-state index contributed by atoms with van der Waals surface area (Å²) < 4.78 is 33.7. The summed E-state index contributed by atoms with van der Waals surface area (Å²) in [5.41, 5.74) is 2.10. The molecule has 0 bridgehead atoms. The molecule has 2 heterocycles. The van der Waals surface area contributed by atoms with Gasteiger partial charge in [0.1, 0.15) is 6.61 Å². The van der Waals surface area contributed by atoms with E-state index in [0.717, 1.165) is 18.1 Å². The molecule has 2 aromatic heterocycles. The largest absolute Gasteiger partial charge is 0.469 e. The van der Waals surface area contributed by atoms with Gasteiger partial charge in [-0.3, -0.25) is 0 Å². The fourth-order valence-electron chi connectivity index (χ4n) is 2.54. The molecular formula is C20H22F2N6O2. The van der Waals surface area contributed by atoms with Gasteiger partial charge in [0.15, 0.2) is 12.4 Å². The first-order valence-corrected chi connectivity index (χ1v) is 9.35. The molecule has 0 fully saturated rings. The van der Waals surface area contributed by atoms with Crippen LogP contribution >= 0.6 is 0 Å². The lowest BCUT2D eigenvalue weighted by atomic mass is 10.1. The van der Waals surface area contributed by atoms with E-state index in [1.165, 1.54) is 12.1 Å². The summed E-state index contributed by atoms with van der Waals surface area (Å²) in [6.07, 6.45) is 1.62. The Morgan fingerprint density at radius 1 is 1.13 bits per heavy atom. The van der Waals surface area contributed by atoms with Gasteiger partial charge in [-0.25, -0.2) is 18.4 Å². The van der Waals surface area contributed by atoms with Gasteiger partial charge in [0.2, 0.25) is 5.88 Å². The third-order valence-corrected chi connectivity index (χ3v) is 4.30. The predicted molar refractivity (Wildman–Crippen MR) is 105 cm³/mol. The molecule has 10 heteroatoms. The summed E-state index contributed by atoms with van der Waals surface area (Å²) in [5.74, 6) is -1.81. The van der Waals surface area contributed by atoms with Gasteiger partial charge in [-0.05, 0) is 35.9 Å². The van der Waals surface area contributed by atoms with Gasteiger partial charge in [-0.1, -0.05) is 29.4 Å². The maximum absolute atomic E-state index is 13.2. The quantitative estimate of drug-likeness (QED) is 0.390. The maximum Gasteiger partial charge on any atom is 0.270 e. The van der Waals surface area contributed by atoms with E-state index >= 15 is 0 Å². The number of ether oxygens (including phenoxy) is 1. The number of tetrazole rings is 1. The van der Waals surface area contributed by atoms with Crippen LogP contribution in [0.2, 0.25) is 0 Å². The molecule has 1 aromatic carbocycles. The highest BCUT2D eigenvalue weighted by Crippen LogP contribution is 2.26. The topological polar surface area (TPSA) is 87.3 Å². The molecule has 3 rings (SSSR count). The highest BCUT2D eigenvalue weighted by molar-refractivity contribution is 5.98. The summed E-state index contributed by atoms with van der Waals surface area (Å²) in [6.45, 7) is 5.64. The Kier molecular flexibility index (Phi) is 6.65. The van der Waals surface area contributed by atoms with Crippen LogP contribution < -0.4 is 4.74 Å². The number of alkyl halides is 2. The molecule has 0 spiro atoms. The van der Waals surface area contributed by atoms with Gasteiger partial charge >= 0.3 is 0 Å². The van der Waals surface area contributed by atoms with Gasteiger partial charge < -0.3 is 9.57 Å².